The fraction of sp³-hybridized carbons (Fsp3) is 0. The Hall–Kier alpha value is -7.37. The molecule has 3 aromatic heterocycles. The van der Waals surface area contributed by atoms with Crippen LogP contribution in [0.4, 0.5) is 0 Å². The van der Waals surface area contributed by atoms with E-state index >= 15 is 0 Å². The van der Waals surface area contributed by atoms with Crippen LogP contribution in [0.3, 0.4) is 0 Å². The van der Waals surface area contributed by atoms with Crippen molar-refractivity contribution in [3.63, 3.8) is 0 Å². The number of nitrogens with zero attached hydrogens (tertiary/aromatic N) is 3. The summed E-state index contributed by atoms with van der Waals surface area (Å²) in [5.74, 6) is 1.77. The van der Waals surface area contributed by atoms with E-state index in [4.69, 9.17) is 23.8 Å². The molecule has 0 aliphatic heterocycles. The predicted octanol–water partition coefficient (Wildman–Crippen LogP) is 13.1. The van der Waals surface area contributed by atoms with Crippen LogP contribution in [0, 0.1) is 0 Å². The summed E-state index contributed by atoms with van der Waals surface area (Å²) in [5, 5.41) is 6.64. The molecule has 12 rings (SSSR count). The molecule has 54 heavy (non-hydrogen) atoms. The van der Waals surface area contributed by atoms with E-state index in [2.05, 4.69) is 91.0 Å². The van der Waals surface area contributed by atoms with Gasteiger partial charge in [0.2, 0.25) is 0 Å². The number of para-hydroxylation sites is 1. The number of hydrogen-bond donors (Lipinski definition) is 0. The van der Waals surface area contributed by atoms with Crippen LogP contribution in [0.25, 0.3) is 122 Å². The van der Waals surface area contributed by atoms with Crippen molar-refractivity contribution in [2.45, 2.75) is 0 Å². The van der Waals surface area contributed by atoms with E-state index < -0.39 is 0 Å². The third-order valence-electron chi connectivity index (χ3n) is 10.9. The first-order valence-electron chi connectivity index (χ1n) is 18.1. The summed E-state index contributed by atoms with van der Waals surface area (Å²) in [7, 11) is 0. The van der Waals surface area contributed by atoms with Crippen molar-refractivity contribution >= 4 is 54.6 Å². The number of aromatic nitrogens is 3. The van der Waals surface area contributed by atoms with Crippen LogP contribution in [-0.4, -0.2) is 15.0 Å². The van der Waals surface area contributed by atoms with Gasteiger partial charge in [-0.05, 0) is 86.6 Å². The minimum Gasteiger partial charge on any atom is -0.456 e. The van der Waals surface area contributed by atoms with Gasteiger partial charge in [-0.3, -0.25) is 0 Å². The summed E-state index contributed by atoms with van der Waals surface area (Å²) in [6.45, 7) is 0. The van der Waals surface area contributed by atoms with Gasteiger partial charge in [-0.2, -0.15) is 0 Å². The van der Waals surface area contributed by atoms with Crippen LogP contribution in [-0.2, 0) is 0 Å². The molecular weight excluding hydrogens is 663 g/mol. The molecule has 0 spiro atoms. The van der Waals surface area contributed by atoms with Gasteiger partial charge in [0.05, 0.1) is 0 Å². The molecular formula is C49H27N3O2. The van der Waals surface area contributed by atoms with Crippen LogP contribution in [0.15, 0.2) is 173 Å². The maximum atomic E-state index is 6.52. The average molecular weight is 690 g/mol. The van der Waals surface area contributed by atoms with E-state index in [9.17, 15) is 0 Å². The molecule has 0 saturated heterocycles. The van der Waals surface area contributed by atoms with Crippen molar-refractivity contribution in [1.29, 1.82) is 0 Å². The normalized spacial score (nSPS) is 12.1. The van der Waals surface area contributed by atoms with E-state index in [0.717, 1.165) is 66.1 Å². The van der Waals surface area contributed by atoms with Crippen LogP contribution in [0.5, 0.6) is 0 Å². The quantitative estimate of drug-likeness (QED) is 0.184. The Kier molecular flexibility index (Phi) is 5.99. The molecule has 5 nitrogen and oxygen atoms in total. The fourth-order valence-electron chi connectivity index (χ4n) is 8.47. The second kappa shape index (κ2) is 11.1. The van der Waals surface area contributed by atoms with Crippen molar-refractivity contribution in [1.82, 2.24) is 15.0 Å². The lowest BCUT2D eigenvalue weighted by atomic mass is 9.92. The molecule has 8 aromatic carbocycles. The summed E-state index contributed by atoms with van der Waals surface area (Å²) in [5.41, 5.74) is 13.4. The van der Waals surface area contributed by atoms with Crippen molar-refractivity contribution in [2.24, 2.45) is 0 Å². The van der Waals surface area contributed by atoms with Crippen molar-refractivity contribution < 1.29 is 8.83 Å². The van der Waals surface area contributed by atoms with Gasteiger partial charge in [-0.15, -0.1) is 0 Å². The number of rotatable bonds is 4. The zero-order chi connectivity index (χ0) is 35.3. The van der Waals surface area contributed by atoms with Crippen LogP contribution in [0.1, 0.15) is 0 Å². The summed E-state index contributed by atoms with van der Waals surface area (Å²) in [6, 6.07) is 56.8. The zero-order valence-electron chi connectivity index (χ0n) is 28.7. The monoisotopic (exact) mass is 689 g/mol. The first kappa shape index (κ1) is 29.2. The molecule has 0 radical (unpaired) electrons. The maximum absolute atomic E-state index is 6.52. The molecule has 0 N–H and O–H groups in total. The molecule has 0 saturated carbocycles. The minimum atomic E-state index is 0.581. The highest BCUT2D eigenvalue weighted by Gasteiger charge is 2.25. The predicted molar refractivity (Wildman–Crippen MR) is 218 cm³/mol. The topological polar surface area (TPSA) is 65.0 Å². The van der Waals surface area contributed by atoms with Gasteiger partial charge in [0, 0.05) is 38.2 Å². The Bertz CT molecular complexity index is 3330. The van der Waals surface area contributed by atoms with Gasteiger partial charge < -0.3 is 8.83 Å². The van der Waals surface area contributed by atoms with Crippen LogP contribution in [0.2, 0.25) is 0 Å². The smallest absolute Gasteiger partial charge is 0.164 e. The SMILES string of the molecule is c1ccc(-c2nc(-c3ccc4oc5ccccc5c4c3)nc(-c3cccc4oc5ccc(-c6cccc7c6-c6cccc8cccc-7c68)cc5c34)n2)cc1. The molecule has 0 atom stereocenters. The average Bonchev–Trinajstić information content (AvgIpc) is 3.91. The Morgan fingerprint density at radius 2 is 0.907 bits per heavy atom. The second-order valence-electron chi connectivity index (χ2n) is 13.9. The minimum absolute atomic E-state index is 0.581. The van der Waals surface area contributed by atoms with Gasteiger partial charge in [0.15, 0.2) is 17.5 Å². The highest BCUT2D eigenvalue weighted by molar-refractivity contribution is 6.19. The molecule has 250 valence electrons. The summed E-state index contributed by atoms with van der Waals surface area (Å²) >= 11 is 0. The number of hydrogen-bond acceptors (Lipinski definition) is 5. The van der Waals surface area contributed by atoms with E-state index in [1.54, 1.807) is 0 Å². The maximum Gasteiger partial charge on any atom is 0.164 e. The van der Waals surface area contributed by atoms with Crippen molar-refractivity contribution in [3.8, 4) is 67.5 Å². The molecule has 11 aromatic rings. The molecule has 0 unspecified atom stereocenters. The molecule has 1 aliphatic carbocycles. The summed E-state index contributed by atoms with van der Waals surface area (Å²) in [6.07, 6.45) is 0. The number of furan rings is 2. The molecule has 1 aliphatic rings. The third-order valence-corrected chi connectivity index (χ3v) is 10.9. The standard InChI is InChI=1S/C49H27N3O2/c1-2-10-29(11-3-1)47-50-48(31-23-25-41-38(27-31)33-14-4-5-20-40(33)53-41)52-49(51-47)37-19-9-21-43-46(37)39-26-30(22-24-42(39)54-43)32-15-8-17-35-34-16-6-12-28-13-7-18-36(44(28)34)45(32)35/h1-27H. The van der Waals surface area contributed by atoms with Crippen molar-refractivity contribution in [3.05, 3.63) is 164 Å². The van der Waals surface area contributed by atoms with Gasteiger partial charge in [-0.1, -0.05) is 121 Å². The third kappa shape index (κ3) is 4.24. The number of benzene rings is 8. The first-order chi connectivity index (χ1) is 26.7. The van der Waals surface area contributed by atoms with Crippen LogP contribution < -0.4 is 0 Å². The summed E-state index contributed by atoms with van der Waals surface area (Å²) < 4.78 is 12.7. The van der Waals surface area contributed by atoms with E-state index in [1.807, 2.05) is 72.8 Å². The Labute approximate surface area is 308 Å². The molecule has 0 fully saturated rings. The first-order valence-corrected chi connectivity index (χ1v) is 18.1. The Morgan fingerprint density at radius 3 is 1.80 bits per heavy atom. The fourth-order valence-corrected chi connectivity index (χ4v) is 8.47. The lowest BCUT2D eigenvalue weighted by molar-refractivity contribution is 0.668. The van der Waals surface area contributed by atoms with Crippen molar-refractivity contribution in [2.75, 3.05) is 0 Å². The molecule has 3 heterocycles. The molecule has 5 heteroatoms. The lowest BCUT2D eigenvalue weighted by Crippen LogP contribution is -2.00. The molecule has 0 amide bonds. The highest BCUT2D eigenvalue weighted by Crippen LogP contribution is 2.51. The van der Waals surface area contributed by atoms with Gasteiger partial charge in [-0.25, -0.2) is 15.0 Å². The lowest BCUT2D eigenvalue weighted by Gasteiger charge is -2.11. The van der Waals surface area contributed by atoms with Gasteiger partial charge in [0.25, 0.3) is 0 Å². The zero-order valence-corrected chi connectivity index (χ0v) is 28.7. The van der Waals surface area contributed by atoms with Gasteiger partial charge in [0.1, 0.15) is 22.3 Å². The van der Waals surface area contributed by atoms with E-state index in [0.29, 0.717) is 17.5 Å². The Balaban J connectivity index is 1.07. The second-order valence-corrected chi connectivity index (χ2v) is 13.9. The summed E-state index contributed by atoms with van der Waals surface area (Å²) in [4.78, 5) is 15.4. The van der Waals surface area contributed by atoms with Gasteiger partial charge >= 0.3 is 0 Å². The van der Waals surface area contributed by atoms with Crippen LogP contribution >= 0.6 is 0 Å². The number of fused-ring (bicyclic) bond motifs is 9. The van der Waals surface area contributed by atoms with E-state index in [-0.39, 0.29) is 0 Å². The molecule has 0 bridgehead atoms. The highest BCUT2D eigenvalue weighted by atomic mass is 16.3. The van der Waals surface area contributed by atoms with E-state index in [1.165, 1.54) is 38.6 Å². The Morgan fingerprint density at radius 1 is 0.315 bits per heavy atom. The largest absolute Gasteiger partial charge is 0.456 e.